The SMILES string of the molecule is COc1ccc(/C=C/C(=O)Nc2ccccc2COc2ccccc2N2CCN(C)CC2)cc1O. The lowest BCUT2D eigenvalue weighted by Crippen LogP contribution is -2.44. The Kier molecular flexibility index (Phi) is 7.90. The van der Waals surface area contributed by atoms with Crippen molar-refractivity contribution >= 4 is 23.4 Å². The number of ether oxygens (including phenoxy) is 2. The molecule has 182 valence electrons. The molecule has 1 saturated heterocycles. The number of phenols is 1. The van der Waals surface area contributed by atoms with Crippen molar-refractivity contribution in [2.75, 3.05) is 50.6 Å². The summed E-state index contributed by atoms with van der Waals surface area (Å²) in [5.74, 6) is 0.965. The highest BCUT2D eigenvalue weighted by atomic mass is 16.5. The zero-order valence-electron chi connectivity index (χ0n) is 20.1. The van der Waals surface area contributed by atoms with Crippen LogP contribution in [0.15, 0.2) is 72.8 Å². The Morgan fingerprint density at radius 2 is 1.74 bits per heavy atom. The minimum atomic E-state index is -0.273. The first-order valence-corrected chi connectivity index (χ1v) is 11.6. The summed E-state index contributed by atoms with van der Waals surface area (Å²) in [4.78, 5) is 17.2. The molecule has 3 aromatic rings. The second-order valence-corrected chi connectivity index (χ2v) is 8.46. The molecule has 0 saturated carbocycles. The fraction of sp³-hybridized carbons (Fsp3) is 0.250. The van der Waals surface area contributed by atoms with Crippen molar-refractivity contribution in [1.82, 2.24) is 4.90 Å². The molecule has 1 aliphatic heterocycles. The van der Waals surface area contributed by atoms with Gasteiger partial charge in [0.2, 0.25) is 5.91 Å². The normalized spacial score (nSPS) is 14.2. The van der Waals surface area contributed by atoms with Crippen molar-refractivity contribution < 1.29 is 19.4 Å². The van der Waals surface area contributed by atoms with Crippen molar-refractivity contribution in [3.63, 3.8) is 0 Å². The molecular weight excluding hydrogens is 442 g/mol. The molecule has 7 nitrogen and oxygen atoms in total. The molecule has 3 aromatic carbocycles. The number of benzene rings is 3. The van der Waals surface area contributed by atoms with Crippen molar-refractivity contribution in [2.45, 2.75) is 6.61 Å². The minimum Gasteiger partial charge on any atom is -0.504 e. The first-order valence-electron chi connectivity index (χ1n) is 11.6. The van der Waals surface area contributed by atoms with Crippen molar-refractivity contribution in [1.29, 1.82) is 0 Å². The summed E-state index contributed by atoms with van der Waals surface area (Å²) in [6.07, 6.45) is 3.07. The van der Waals surface area contributed by atoms with Gasteiger partial charge in [0.05, 0.1) is 12.8 Å². The molecule has 35 heavy (non-hydrogen) atoms. The molecule has 0 bridgehead atoms. The highest BCUT2D eigenvalue weighted by molar-refractivity contribution is 6.02. The third-order valence-electron chi connectivity index (χ3n) is 6.00. The number of anilines is 2. The topological polar surface area (TPSA) is 74.3 Å². The van der Waals surface area contributed by atoms with Crippen LogP contribution < -0.4 is 19.7 Å². The molecule has 0 aliphatic carbocycles. The Labute approximate surface area is 206 Å². The van der Waals surface area contributed by atoms with Gasteiger partial charge in [-0.3, -0.25) is 4.79 Å². The molecule has 0 atom stereocenters. The molecule has 0 radical (unpaired) electrons. The van der Waals surface area contributed by atoms with Crippen LogP contribution in [0.1, 0.15) is 11.1 Å². The Morgan fingerprint density at radius 3 is 2.51 bits per heavy atom. The Balaban J connectivity index is 1.41. The largest absolute Gasteiger partial charge is 0.504 e. The van der Waals surface area contributed by atoms with Crippen LogP contribution in [0.2, 0.25) is 0 Å². The lowest BCUT2D eigenvalue weighted by molar-refractivity contribution is -0.111. The second-order valence-electron chi connectivity index (χ2n) is 8.46. The van der Waals surface area contributed by atoms with Crippen molar-refractivity contribution in [3.8, 4) is 17.2 Å². The van der Waals surface area contributed by atoms with Crippen LogP contribution in [0.4, 0.5) is 11.4 Å². The van der Waals surface area contributed by atoms with Gasteiger partial charge >= 0.3 is 0 Å². The number of hydrogen-bond donors (Lipinski definition) is 2. The summed E-state index contributed by atoms with van der Waals surface area (Å²) in [6, 6.07) is 20.7. The molecular formula is C28H31N3O4. The molecule has 2 N–H and O–H groups in total. The third-order valence-corrected chi connectivity index (χ3v) is 6.00. The highest BCUT2D eigenvalue weighted by Crippen LogP contribution is 2.30. The number of carbonyl (C=O) groups is 1. The maximum Gasteiger partial charge on any atom is 0.248 e. The quantitative estimate of drug-likeness (QED) is 0.473. The Morgan fingerprint density at radius 1 is 1.00 bits per heavy atom. The average Bonchev–Trinajstić information content (AvgIpc) is 2.88. The number of para-hydroxylation sites is 3. The number of rotatable bonds is 8. The van der Waals surface area contributed by atoms with Crippen LogP contribution in [0.5, 0.6) is 17.2 Å². The molecule has 4 rings (SSSR count). The fourth-order valence-electron chi connectivity index (χ4n) is 3.97. The molecule has 1 aliphatic rings. The number of carbonyl (C=O) groups excluding carboxylic acids is 1. The van der Waals surface area contributed by atoms with Gasteiger partial charge in [-0.2, -0.15) is 0 Å². The summed E-state index contributed by atoms with van der Waals surface area (Å²) in [5.41, 5.74) is 3.35. The van der Waals surface area contributed by atoms with E-state index < -0.39 is 0 Å². The number of phenolic OH excluding ortho intramolecular Hbond substituents is 1. The number of likely N-dealkylation sites (N-methyl/N-ethyl adjacent to an activating group) is 1. The van der Waals surface area contributed by atoms with Crippen molar-refractivity contribution in [3.05, 3.63) is 83.9 Å². The van der Waals surface area contributed by atoms with E-state index in [9.17, 15) is 9.90 Å². The van der Waals surface area contributed by atoms with Crippen LogP contribution in [0.25, 0.3) is 6.08 Å². The second kappa shape index (κ2) is 11.4. The molecule has 1 fully saturated rings. The molecule has 1 amide bonds. The van der Waals surface area contributed by atoms with E-state index in [2.05, 4.69) is 28.2 Å². The van der Waals surface area contributed by atoms with Crippen molar-refractivity contribution in [2.24, 2.45) is 0 Å². The van der Waals surface area contributed by atoms with E-state index in [-0.39, 0.29) is 11.7 Å². The van der Waals surface area contributed by atoms with Gasteiger partial charge in [0, 0.05) is 43.5 Å². The standard InChI is InChI=1S/C28H31N3O4/c1-30-15-17-31(18-16-30)24-9-5-6-10-26(24)35-20-22-7-3-4-8-23(22)29-28(33)14-12-21-11-13-27(34-2)25(32)19-21/h3-14,19,32H,15-18,20H2,1-2H3,(H,29,33)/b14-12+. The van der Waals surface area contributed by atoms with Gasteiger partial charge in [0.1, 0.15) is 12.4 Å². The van der Waals surface area contributed by atoms with Crippen LogP contribution in [0.3, 0.4) is 0 Å². The van der Waals surface area contributed by atoms with E-state index in [1.165, 1.54) is 13.2 Å². The van der Waals surface area contributed by atoms with Gasteiger partial charge in [0.15, 0.2) is 11.5 Å². The predicted octanol–water partition coefficient (Wildman–Crippen LogP) is 4.38. The summed E-state index contributed by atoms with van der Waals surface area (Å²) in [7, 11) is 3.63. The summed E-state index contributed by atoms with van der Waals surface area (Å²) >= 11 is 0. The number of methoxy groups -OCH3 is 1. The predicted molar refractivity (Wildman–Crippen MR) is 139 cm³/mol. The van der Waals surface area contributed by atoms with E-state index in [1.54, 1.807) is 24.3 Å². The van der Waals surface area contributed by atoms with Crippen LogP contribution >= 0.6 is 0 Å². The van der Waals surface area contributed by atoms with E-state index in [1.807, 2.05) is 42.5 Å². The molecule has 7 heteroatoms. The van der Waals surface area contributed by atoms with Crippen LogP contribution in [-0.4, -0.2) is 56.3 Å². The van der Waals surface area contributed by atoms with E-state index >= 15 is 0 Å². The number of nitrogens with one attached hydrogen (secondary N) is 1. The molecule has 1 heterocycles. The Bertz CT molecular complexity index is 1190. The maximum absolute atomic E-state index is 12.6. The van der Waals surface area contributed by atoms with Gasteiger partial charge in [-0.1, -0.05) is 36.4 Å². The zero-order valence-corrected chi connectivity index (χ0v) is 20.1. The summed E-state index contributed by atoms with van der Waals surface area (Å²) < 4.78 is 11.3. The number of hydrogen-bond acceptors (Lipinski definition) is 6. The number of nitrogens with zero attached hydrogens (tertiary/aromatic N) is 2. The van der Waals surface area contributed by atoms with Gasteiger partial charge in [-0.15, -0.1) is 0 Å². The lowest BCUT2D eigenvalue weighted by atomic mass is 10.1. The van der Waals surface area contributed by atoms with Crippen LogP contribution in [-0.2, 0) is 11.4 Å². The zero-order chi connectivity index (χ0) is 24.6. The maximum atomic E-state index is 12.6. The number of aromatic hydroxyl groups is 1. The smallest absolute Gasteiger partial charge is 0.248 e. The monoisotopic (exact) mass is 473 g/mol. The van der Waals surface area contributed by atoms with Gasteiger partial charge in [-0.25, -0.2) is 0 Å². The minimum absolute atomic E-state index is 0.0226. The average molecular weight is 474 g/mol. The van der Waals surface area contributed by atoms with E-state index in [0.717, 1.165) is 43.2 Å². The van der Waals surface area contributed by atoms with E-state index in [4.69, 9.17) is 9.47 Å². The highest BCUT2D eigenvalue weighted by Gasteiger charge is 2.17. The van der Waals surface area contributed by atoms with Gasteiger partial charge < -0.3 is 29.7 Å². The lowest BCUT2D eigenvalue weighted by Gasteiger charge is -2.34. The molecule has 0 spiro atoms. The summed E-state index contributed by atoms with van der Waals surface area (Å²) in [5, 5.41) is 12.8. The number of amides is 1. The number of piperazine rings is 1. The van der Waals surface area contributed by atoms with E-state index in [0.29, 0.717) is 23.6 Å². The third kappa shape index (κ3) is 6.33. The molecule has 0 unspecified atom stereocenters. The van der Waals surface area contributed by atoms with Crippen LogP contribution in [0, 0.1) is 0 Å². The Hall–Kier alpha value is -3.97. The molecule has 0 aromatic heterocycles. The summed E-state index contributed by atoms with van der Waals surface area (Å²) in [6.45, 7) is 4.29. The van der Waals surface area contributed by atoms with Gasteiger partial charge in [-0.05, 0) is 49.0 Å². The first kappa shape index (κ1) is 24.2. The van der Waals surface area contributed by atoms with Gasteiger partial charge in [0.25, 0.3) is 0 Å². The first-order chi connectivity index (χ1) is 17.0. The fourth-order valence-corrected chi connectivity index (χ4v) is 3.97.